The van der Waals surface area contributed by atoms with Crippen LogP contribution in [0, 0.1) is 5.92 Å². The number of hydrogen-bond acceptors (Lipinski definition) is 4. The van der Waals surface area contributed by atoms with Gasteiger partial charge in [-0.1, -0.05) is 6.92 Å². The number of piperidine rings is 1. The van der Waals surface area contributed by atoms with Crippen LogP contribution in [0.1, 0.15) is 13.3 Å². The Balaban J connectivity index is 2.16. The van der Waals surface area contributed by atoms with E-state index < -0.39 is 0 Å². The summed E-state index contributed by atoms with van der Waals surface area (Å²) in [7, 11) is 0. The van der Waals surface area contributed by atoms with Gasteiger partial charge in [-0.15, -0.1) is 0 Å². The number of aliphatic hydroxyl groups is 1. The topological polar surface area (TPSA) is 49.2 Å². The molecule has 82 valence electrons. The van der Waals surface area contributed by atoms with E-state index in [0.717, 1.165) is 23.4 Å². The van der Waals surface area contributed by atoms with Gasteiger partial charge in [-0.25, -0.2) is 9.97 Å². The standard InChI is InChI=1S/C10H14BrN3O/c1-7-2-8(15)5-14(4-7)10-3-9(11)12-6-13-10/h3,6-8,15H,2,4-5H2,1H3. The quantitative estimate of drug-likeness (QED) is 0.786. The first-order chi connectivity index (χ1) is 7.15. The van der Waals surface area contributed by atoms with Gasteiger partial charge < -0.3 is 10.0 Å². The summed E-state index contributed by atoms with van der Waals surface area (Å²) in [5.41, 5.74) is 0. The second-order valence-electron chi connectivity index (χ2n) is 4.10. The maximum absolute atomic E-state index is 9.68. The number of rotatable bonds is 1. The number of aromatic nitrogens is 2. The lowest BCUT2D eigenvalue weighted by atomic mass is 9.98. The molecule has 1 aromatic rings. The Labute approximate surface area is 97.5 Å². The second kappa shape index (κ2) is 4.45. The van der Waals surface area contributed by atoms with Crippen LogP contribution in [0.5, 0.6) is 0 Å². The third-order valence-corrected chi connectivity index (χ3v) is 3.01. The van der Waals surface area contributed by atoms with E-state index in [0.29, 0.717) is 12.5 Å². The molecule has 0 saturated carbocycles. The molecule has 1 aliphatic heterocycles. The van der Waals surface area contributed by atoms with Crippen molar-refractivity contribution < 1.29 is 5.11 Å². The highest BCUT2D eigenvalue weighted by Crippen LogP contribution is 2.22. The third kappa shape index (κ3) is 2.66. The minimum absolute atomic E-state index is 0.248. The van der Waals surface area contributed by atoms with Gasteiger partial charge >= 0.3 is 0 Å². The third-order valence-electron chi connectivity index (χ3n) is 2.58. The molecule has 4 nitrogen and oxygen atoms in total. The molecule has 0 radical (unpaired) electrons. The van der Waals surface area contributed by atoms with Crippen LogP contribution < -0.4 is 4.90 Å². The number of β-amino-alcohol motifs (C(OH)–C–C–N with tert-alkyl or cyclic N) is 1. The van der Waals surface area contributed by atoms with Crippen LogP contribution in [-0.4, -0.2) is 34.3 Å². The Morgan fingerprint density at radius 2 is 2.27 bits per heavy atom. The lowest BCUT2D eigenvalue weighted by Crippen LogP contribution is -2.42. The normalized spacial score (nSPS) is 26.7. The first-order valence-electron chi connectivity index (χ1n) is 5.05. The highest BCUT2D eigenvalue weighted by atomic mass is 79.9. The molecule has 2 rings (SSSR count). The maximum Gasteiger partial charge on any atom is 0.133 e. The molecule has 2 unspecified atom stereocenters. The van der Waals surface area contributed by atoms with E-state index in [1.165, 1.54) is 6.33 Å². The van der Waals surface area contributed by atoms with Crippen LogP contribution in [0.2, 0.25) is 0 Å². The van der Waals surface area contributed by atoms with E-state index in [9.17, 15) is 5.11 Å². The molecule has 1 aliphatic rings. The zero-order valence-electron chi connectivity index (χ0n) is 8.60. The summed E-state index contributed by atoms with van der Waals surface area (Å²) < 4.78 is 0.778. The van der Waals surface area contributed by atoms with Gasteiger partial charge in [0, 0.05) is 19.2 Å². The minimum atomic E-state index is -0.248. The fourth-order valence-electron chi connectivity index (χ4n) is 2.00. The molecule has 15 heavy (non-hydrogen) atoms. The predicted molar refractivity (Wildman–Crippen MR) is 61.7 cm³/mol. The van der Waals surface area contributed by atoms with Crippen molar-refractivity contribution in [3.05, 3.63) is 17.0 Å². The molecule has 0 amide bonds. The fraction of sp³-hybridized carbons (Fsp3) is 0.600. The Bertz CT molecular complexity index is 337. The summed E-state index contributed by atoms with van der Waals surface area (Å²) in [4.78, 5) is 10.3. The Kier molecular flexibility index (Phi) is 3.21. The van der Waals surface area contributed by atoms with Crippen molar-refractivity contribution in [3.8, 4) is 0 Å². The van der Waals surface area contributed by atoms with E-state index in [2.05, 4.69) is 37.7 Å². The molecular formula is C10H14BrN3O. The lowest BCUT2D eigenvalue weighted by Gasteiger charge is -2.34. The van der Waals surface area contributed by atoms with E-state index in [-0.39, 0.29) is 6.10 Å². The monoisotopic (exact) mass is 271 g/mol. The van der Waals surface area contributed by atoms with Crippen molar-refractivity contribution >= 4 is 21.7 Å². The SMILES string of the molecule is CC1CC(O)CN(c2cc(Br)ncn2)C1. The van der Waals surface area contributed by atoms with Gasteiger partial charge in [-0.05, 0) is 28.3 Å². The van der Waals surface area contributed by atoms with Crippen molar-refractivity contribution in [1.82, 2.24) is 9.97 Å². The number of hydrogen-bond donors (Lipinski definition) is 1. The molecule has 0 aliphatic carbocycles. The zero-order chi connectivity index (χ0) is 10.8. The molecule has 1 aromatic heterocycles. The molecule has 1 N–H and O–H groups in total. The molecule has 2 heterocycles. The van der Waals surface area contributed by atoms with Crippen LogP contribution >= 0.6 is 15.9 Å². The summed E-state index contributed by atoms with van der Waals surface area (Å²) in [6, 6.07) is 1.88. The summed E-state index contributed by atoms with van der Waals surface area (Å²) >= 11 is 3.32. The van der Waals surface area contributed by atoms with Gasteiger partial charge in [0.1, 0.15) is 16.7 Å². The zero-order valence-corrected chi connectivity index (χ0v) is 10.2. The number of nitrogens with zero attached hydrogens (tertiary/aromatic N) is 3. The Morgan fingerprint density at radius 3 is 2.93 bits per heavy atom. The first kappa shape index (κ1) is 10.8. The molecule has 1 saturated heterocycles. The molecule has 0 spiro atoms. The number of halogens is 1. The maximum atomic E-state index is 9.68. The van der Waals surface area contributed by atoms with Gasteiger partial charge in [0.25, 0.3) is 0 Å². The predicted octanol–water partition coefficient (Wildman–Crippen LogP) is 1.45. The fourth-order valence-corrected chi connectivity index (χ4v) is 2.30. The van der Waals surface area contributed by atoms with Gasteiger partial charge in [-0.2, -0.15) is 0 Å². The van der Waals surface area contributed by atoms with Crippen LogP contribution in [0.3, 0.4) is 0 Å². The molecule has 1 fully saturated rings. The van der Waals surface area contributed by atoms with Crippen molar-refractivity contribution in [2.45, 2.75) is 19.4 Å². The Morgan fingerprint density at radius 1 is 1.47 bits per heavy atom. The van der Waals surface area contributed by atoms with Gasteiger partial charge in [0.2, 0.25) is 0 Å². The molecule has 0 aromatic carbocycles. The molecular weight excluding hydrogens is 258 g/mol. The van der Waals surface area contributed by atoms with Crippen molar-refractivity contribution in [3.63, 3.8) is 0 Å². The number of anilines is 1. The Hall–Kier alpha value is -0.680. The highest BCUT2D eigenvalue weighted by molar-refractivity contribution is 9.10. The molecule has 5 heteroatoms. The summed E-state index contributed by atoms with van der Waals surface area (Å²) in [5.74, 6) is 1.38. The molecule has 2 atom stereocenters. The summed E-state index contributed by atoms with van der Waals surface area (Å²) in [6.45, 7) is 3.75. The first-order valence-corrected chi connectivity index (χ1v) is 5.85. The highest BCUT2D eigenvalue weighted by Gasteiger charge is 2.23. The molecule has 0 bridgehead atoms. The van der Waals surface area contributed by atoms with Gasteiger partial charge in [0.15, 0.2) is 0 Å². The average molecular weight is 272 g/mol. The van der Waals surface area contributed by atoms with E-state index in [4.69, 9.17) is 0 Å². The van der Waals surface area contributed by atoms with Crippen molar-refractivity contribution in [1.29, 1.82) is 0 Å². The largest absolute Gasteiger partial charge is 0.391 e. The summed E-state index contributed by atoms with van der Waals surface area (Å²) in [6.07, 6.45) is 2.16. The van der Waals surface area contributed by atoms with E-state index >= 15 is 0 Å². The van der Waals surface area contributed by atoms with Crippen LogP contribution in [0.15, 0.2) is 17.0 Å². The van der Waals surface area contributed by atoms with E-state index in [1.54, 1.807) is 0 Å². The van der Waals surface area contributed by atoms with Crippen LogP contribution in [-0.2, 0) is 0 Å². The van der Waals surface area contributed by atoms with Gasteiger partial charge in [-0.3, -0.25) is 0 Å². The smallest absolute Gasteiger partial charge is 0.133 e. The van der Waals surface area contributed by atoms with Crippen LogP contribution in [0.25, 0.3) is 0 Å². The van der Waals surface area contributed by atoms with Crippen molar-refractivity contribution in [2.24, 2.45) is 5.92 Å². The lowest BCUT2D eigenvalue weighted by molar-refractivity contribution is 0.132. The average Bonchev–Trinajstić information content (AvgIpc) is 2.16. The van der Waals surface area contributed by atoms with Crippen molar-refractivity contribution in [2.75, 3.05) is 18.0 Å². The number of aliphatic hydroxyl groups excluding tert-OH is 1. The van der Waals surface area contributed by atoms with Gasteiger partial charge in [0.05, 0.1) is 6.10 Å². The second-order valence-corrected chi connectivity index (χ2v) is 4.91. The minimum Gasteiger partial charge on any atom is -0.391 e. The van der Waals surface area contributed by atoms with E-state index in [1.807, 2.05) is 6.07 Å². The van der Waals surface area contributed by atoms with Crippen LogP contribution in [0.4, 0.5) is 5.82 Å². The summed E-state index contributed by atoms with van der Waals surface area (Å²) in [5, 5.41) is 9.68.